The highest BCUT2D eigenvalue weighted by molar-refractivity contribution is 9.10. The molecule has 0 unspecified atom stereocenters. The number of halogens is 2. The number of anilines is 1. The Bertz CT molecular complexity index is 370. The van der Waals surface area contributed by atoms with E-state index >= 15 is 0 Å². The molecule has 0 amide bonds. The molecule has 0 aliphatic rings. The van der Waals surface area contributed by atoms with Crippen LogP contribution in [-0.4, -0.2) is 24.7 Å². The number of carboxylic acid groups (broad SMARTS) is 1. The first-order valence-corrected chi connectivity index (χ1v) is 5.56. The Labute approximate surface area is 102 Å². The number of aliphatic carboxylic acids is 1. The molecule has 0 aliphatic heterocycles. The molecule has 1 N–H and O–H groups in total. The maximum Gasteiger partial charge on any atom is 0.305 e. The monoisotopic (exact) mass is 291 g/mol. The number of carbonyl (C=O) groups is 1. The molecule has 82 valence electrons. The van der Waals surface area contributed by atoms with Crippen molar-refractivity contribution in [2.75, 3.05) is 18.5 Å². The van der Waals surface area contributed by atoms with Crippen molar-refractivity contribution in [3.8, 4) is 0 Å². The van der Waals surface area contributed by atoms with Crippen LogP contribution in [-0.2, 0) is 4.79 Å². The minimum absolute atomic E-state index is 0.100. The number of nitrogens with zero attached hydrogens (tertiary/aromatic N) is 1. The van der Waals surface area contributed by atoms with Crippen LogP contribution in [0.2, 0.25) is 5.02 Å². The predicted molar refractivity (Wildman–Crippen MR) is 64.7 cm³/mol. The Balaban J connectivity index is 2.73. The van der Waals surface area contributed by atoms with E-state index in [0.717, 1.165) is 10.2 Å². The second-order valence-corrected chi connectivity index (χ2v) is 4.48. The highest BCUT2D eigenvalue weighted by Crippen LogP contribution is 2.28. The third-order valence-electron chi connectivity index (χ3n) is 1.98. The van der Waals surface area contributed by atoms with Gasteiger partial charge in [-0.1, -0.05) is 27.5 Å². The first kappa shape index (κ1) is 12.3. The topological polar surface area (TPSA) is 40.5 Å². The van der Waals surface area contributed by atoms with E-state index in [0.29, 0.717) is 11.6 Å². The molecule has 0 fully saturated rings. The number of hydrogen-bond donors (Lipinski definition) is 1. The molecule has 0 saturated carbocycles. The third kappa shape index (κ3) is 3.72. The first-order chi connectivity index (χ1) is 7.00. The summed E-state index contributed by atoms with van der Waals surface area (Å²) in [6, 6.07) is 5.51. The summed E-state index contributed by atoms with van der Waals surface area (Å²) in [4.78, 5) is 12.2. The highest BCUT2D eigenvalue weighted by Gasteiger charge is 2.07. The molecule has 0 bridgehead atoms. The summed E-state index contributed by atoms with van der Waals surface area (Å²) in [7, 11) is 1.82. The Morgan fingerprint density at radius 2 is 2.27 bits per heavy atom. The van der Waals surface area contributed by atoms with Crippen LogP contribution in [0.25, 0.3) is 0 Å². The molecular weight excluding hydrogens is 281 g/mol. The van der Waals surface area contributed by atoms with Gasteiger partial charge in [-0.25, -0.2) is 0 Å². The Hall–Kier alpha value is -0.740. The van der Waals surface area contributed by atoms with Crippen molar-refractivity contribution in [2.24, 2.45) is 0 Å². The van der Waals surface area contributed by atoms with Crippen LogP contribution in [0, 0.1) is 0 Å². The highest BCUT2D eigenvalue weighted by atomic mass is 79.9. The summed E-state index contributed by atoms with van der Waals surface area (Å²) in [5.41, 5.74) is 0.834. The molecule has 1 aromatic rings. The minimum atomic E-state index is -0.810. The van der Waals surface area contributed by atoms with Gasteiger partial charge in [-0.2, -0.15) is 0 Å². The van der Waals surface area contributed by atoms with Crippen molar-refractivity contribution in [2.45, 2.75) is 6.42 Å². The summed E-state index contributed by atoms with van der Waals surface area (Å²) in [5, 5.41) is 9.16. The average Bonchev–Trinajstić information content (AvgIpc) is 2.14. The normalized spacial score (nSPS) is 10.1. The van der Waals surface area contributed by atoms with Crippen molar-refractivity contribution >= 4 is 39.2 Å². The summed E-state index contributed by atoms with van der Waals surface area (Å²) in [6.45, 7) is 0.441. The van der Waals surface area contributed by atoms with Gasteiger partial charge in [0.15, 0.2) is 0 Å². The molecule has 0 aromatic heterocycles. The van der Waals surface area contributed by atoms with Crippen LogP contribution < -0.4 is 4.90 Å². The SMILES string of the molecule is CN(CCC(=O)O)c1ccc(Br)cc1Cl. The van der Waals surface area contributed by atoms with Crippen molar-refractivity contribution in [1.82, 2.24) is 0 Å². The predicted octanol–water partition coefficient (Wildman–Crippen LogP) is 3.01. The molecule has 1 rings (SSSR count). The van der Waals surface area contributed by atoms with E-state index in [1.807, 2.05) is 24.1 Å². The van der Waals surface area contributed by atoms with E-state index in [1.54, 1.807) is 6.07 Å². The zero-order valence-electron chi connectivity index (χ0n) is 8.20. The fraction of sp³-hybridized carbons (Fsp3) is 0.300. The lowest BCUT2D eigenvalue weighted by Crippen LogP contribution is -2.21. The largest absolute Gasteiger partial charge is 0.481 e. The molecule has 1 aromatic carbocycles. The molecule has 15 heavy (non-hydrogen) atoms. The quantitative estimate of drug-likeness (QED) is 0.927. The van der Waals surface area contributed by atoms with Gasteiger partial charge < -0.3 is 10.0 Å². The van der Waals surface area contributed by atoms with Gasteiger partial charge in [0, 0.05) is 18.1 Å². The Morgan fingerprint density at radius 3 is 2.80 bits per heavy atom. The second kappa shape index (κ2) is 5.37. The van der Waals surface area contributed by atoms with E-state index in [2.05, 4.69) is 15.9 Å². The van der Waals surface area contributed by atoms with Gasteiger partial charge in [-0.05, 0) is 18.2 Å². The van der Waals surface area contributed by atoms with Crippen LogP contribution in [0.5, 0.6) is 0 Å². The molecule has 0 spiro atoms. The van der Waals surface area contributed by atoms with Crippen LogP contribution >= 0.6 is 27.5 Å². The number of hydrogen-bond acceptors (Lipinski definition) is 2. The van der Waals surface area contributed by atoms with Crippen molar-refractivity contribution in [1.29, 1.82) is 0 Å². The third-order valence-corrected chi connectivity index (χ3v) is 2.78. The Kier molecular flexibility index (Phi) is 4.42. The van der Waals surface area contributed by atoms with E-state index in [-0.39, 0.29) is 6.42 Å². The summed E-state index contributed by atoms with van der Waals surface area (Å²) < 4.78 is 0.905. The molecule has 0 aliphatic carbocycles. The summed E-state index contributed by atoms with van der Waals surface area (Å²) >= 11 is 9.33. The van der Waals surface area contributed by atoms with E-state index < -0.39 is 5.97 Å². The fourth-order valence-electron chi connectivity index (χ4n) is 1.17. The van der Waals surface area contributed by atoms with Gasteiger partial charge in [-0.15, -0.1) is 0 Å². The first-order valence-electron chi connectivity index (χ1n) is 4.38. The number of carboxylic acids is 1. The van der Waals surface area contributed by atoms with Gasteiger partial charge in [0.1, 0.15) is 0 Å². The molecule has 0 radical (unpaired) electrons. The van der Waals surface area contributed by atoms with Crippen LogP contribution in [0.3, 0.4) is 0 Å². The van der Waals surface area contributed by atoms with Gasteiger partial charge in [-0.3, -0.25) is 4.79 Å². The fourth-order valence-corrected chi connectivity index (χ4v) is 1.99. The molecule has 5 heteroatoms. The Morgan fingerprint density at radius 1 is 1.60 bits per heavy atom. The minimum Gasteiger partial charge on any atom is -0.481 e. The number of rotatable bonds is 4. The van der Waals surface area contributed by atoms with E-state index in [9.17, 15) is 4.79 Å². The molecule has 0 heterocycles. The van der Waals surface area contributed by atoms with Crippen molar-refractivity contribution in [3.05, 3.63) is 27.7 Å². The lowest BCUT2D eigenvalue weighted by molar-refractivity contribution is -0.136. The lowest BCUT2D eigenvalue weighted by atomic mass is 10.3. The van der Waals surface area contributed by atoms with Gasteiger partial charge in [0.25, 0.3) is 0 Å². The lowest BCUT2D eigenvalue weighted by Gasteiger charge is -2.19. The van der Waals surface area contributed by atoms with Crippen LogP contribution in [0.15, 0.2) is 22.7 Å². The van der Waals surface area contributed by atoms with E-state index in [1.165, 1.54) is 0 Å². The number of benzene rings is 1. The van der Waals surface area contributed by atoms with Crippen LogP contribution in [0.1, 0.15) is 6.42 Å². The van der Waals surface area contributed by atoms with Crippen LogP contribution in [0.4, 0.5) is 5.69 Å². The molecule has 3 nitrogen and oxygen atoms in total. The van der Waals surface area contributed by atoms with Gasteiger partial charge >= 0.3 is 5.97 Å². The summed E-state index contributed by atoms with van der Waals surface area (Å²) in [5.74, 6) is -0.810. The zero-order valence-corrected chi connectivity index (χ0v) is 10.5. The van der Waals surface area contributed by atoms with Gasteiger partial charge in [0.2, 0.25) is 0 Å². The van der Waals surface area contributed by atoms with E-state index in [4.69, 9.17) is 16.7 Å². The molecule has 0 saturated heterocycles. The maximum atomic E-state index is 10.4. The smallest absolute Gasteiger partial charge is 0.305 e. The maximum absolute atomic E-state index is 10.4. The van der Waals surface area contributed by atoms with Gasteiger partial charge in [0.05, 0.1) is 17.1 Å². The molecule has 0 atom stereocenters. The molecular formula is C10H11BrClNO2. The zero-order chi connectivity index (χ0) is 11.4. The average molecular weight is 293 g/mol. The summed E-state index contributed by atoms with van der Waals surface area (Å²) in [6.07, 6.45) is 0.100. The van der Waals surface area contributed by atoms with Crippen molar-refractivity contribution in [3.63, 3.8) is 0 Å². The van der Waals surface area contributed by atoms with Crippen molar-refractivity contribution < 1.29 is 9.90 Å². The second-order valence-electron chi connectivity index (χ2n) is 3.16. The standard InChI is InChI=1S/C10H11BrClNO2/c1-13(5-4-10(14)15)9-3-2-7(11)6-8(9)12/h2-3,6H,4-5H2,1H3,(H,14,15).